The van der Waals surface area contributed by atoms with Gasteiger partial charge in [-0.25, -0.2) is 0 Å². The molecule has 7 heteroatoms. The number of fused-ring (bicyclic) bond motifs is 1. The maximum absolute atomic E-state index is 5.49. The number of methoxy groups -OCH3 is 2. The minimum atomic E-state index is 0. The van der Waals surface area contributed by atoms with E-state index in [-0.39, 0.29) is 24.0 Å². The number of rotatable bonds is 5. The first-order chi connectivity index (χ1) is 14.7. The fraction of sp³-hybridized carbons (Fsp3) is 0.458. The van der Waals surface area contributed by atoms with Crippen molar-refractivity contribution in [3.8, 4) is 11.5 Å². The summed E-state index contributed by atoms with van der Waals surface area (Å²) in [7, 11) is 5.25. The van der Waals surface area contributed by atoms with E-state index in [2.05, 4.69) is 62.6 Å². The lowest BCUT2D eigenvalue weighted by Crippen LogP contribution is -2.45. The van der Waals surface area contributed by atoms with Crippen LogP contribution in [0.2, 0.25) is 0 Å². The molecule has 1 unspecified atom stereocenters. The summed E-state index contributed by atoms with van der Waals surface area (Å²) in [5.41, 5.74) is 3.92. The van der Waals surface area contributed by atoms with Crippen molar-refractivity contribution >= 4 is 35.6 Å². The molecule has 1 fully saturated rings. The highest BCUT2D eigenvalue weighted by Crippen LogP contribution is 2.33. The third-order valence-corrected chi connectivity index (χ3v) is 6.19. The zero-order chi connectivity index (χ0) is 20.9. The zero-order valence-electron chi connectivity index (χ0n) is 18.6. The van der Waals surface area contributed by atoms with E-state index in [0.717, 1.165) is 56.6 Å². The van der Waals surface area contributed by atoms with Gasteiger partial charge in [-0.2, -0.15) is 0 Å². The Labute approximate surface area is 202 Å². The van der Waals surface area contributed by atoms with Crippen LogP contribution in [0.1, 0.15) is 17.5 Å². The van der Waals surface area contributed by atoms with Crippen molar-refractivity contribution in [1.29, 1.82) is 0 Å². The summed E-state index contributed by atoms with van der Waals surface area (Å²) in [6.07, 6.45) is 2.18. The molecular formula is C24H33IN4O2. The number of guanidine groups is 1. The molecule has 1 saturated heterocycles. The lowest BCUT2D eigenvalue weighted by Gasteiger charge is -2.32. The molecule has 0 amide bonds. The third-order valence-electron chi connectivity index (χ3n) is 6.19. The average Bonchev–Trinajstić information content (AvgIpc) is 3.28. The smallest absolute Gasteiger partial charge is 0.193 e. The van der Waals surface area contributed by atoms with Gasteiger partial charge in [-0.1, -0.05) is 18.2 Å². The lowest BCUT2D eigenvalue weighted by atomic mass is 9.99. The van der Waals surface area contributed by atoms with Gasteiger partial charge in [0.25, 0.3) is 0 Å². The van der Waals surface area contributed by atoms with Gasteiger partial charge in [0.1, 0.15) is 0 Å². The van der Waals surface area contributed by atoms with Crippen LogP contribution >= 0.6 is 24.0 Å². The molecule has 2 aromatic carbocycles. The Morgan fingerprint density at radius 2 is 1.77 bits per heavy atom. The number of hydrogen-bond donors (Lipinski definition) is 1. The van der Waals surface area contributed by atoms with Crippen LogP contribution in [0.25, 0.3) is 0 Å². The van der Waals surface area contributed by atoms with Crippen LogP contribution in [0.3, 0.4) is 0 Å². The Bertz CT molecular complexity index is 891. The number of hydrogen-bond acceptors (Lipinski definition) is 4. The molecule has 0 aromatic heterocycles. The minimum Gasteiger partial charge on any atom is -0.493 e. The van der Waals surface area contributed by atoms with Gasteiger partial charge in [-0.05, 0) is 54.2 Å². The van der Waals surface area contributed by atoms with E-state index in [1.165, 1.54) is 23.2 Å². The highest BCUT2D eigenvalue weighted by Gasteiger charge is 2.25. The summed E-state index contributed by atoms with van der Waals surface area (Å²) in [6.45, 7) is 4.94. The quantitative estimate of drug-likeness (QED) is 0.358. The highest BCUT2D eigenvalue weighted by molar-refractivity contribution is 14.0. The van der Waals surface area contributed by atoms with Crippen LogP contribution in [0.4, 0.5) is 5.69 Å². The molecule has 4 rings (SSSR count). The van der Waals surface area contributed by atoms with E-state index in [1.54, 1.807) is 14.2 Å². The topological polar surface area (TPSA) is 49.3 Å². The maximum atomic E-state index is 5.49. The van der Waals surface area contributed by atoms with Gasteiger partial charge in [0.05, 0.1) is 14.2 Å². The van der Waals surface area contributed by atoms with E-state index in [4.69, 9.17) is 9.47 Å². The first-order valence-electron chi connectivity index (χ1n) is 10.7. The Kier molecular flexibility index (Phi) is 8.28. The predicted octanol–water partition coefficient (Wildman–Crippen LogP) is 3.78. The van der Waals surface area contributed by atoms with Crippen molar-refractivity contribution in [2.75, 3.05) is 52.3 Å². The molecule has 0 radical (unpaired) electrons. The van der Waals surface area contributed by atoms with Crippen molar-refractivity contribution < 1.29 is 9.47 Å². The number of halogens is 1. The largest absolute Gasteiger partial charge is 0.493 e. The number of benzene rings is 2. The summed E-state index contributed by atoms with van der Waals surface area (Å²) < 4.78 is 10.9. The second kappa shape index (κ2) is 10.9. The van der Waals surface area contributed by atoms with Crippen LogP contribution in [0.5, 0.6) is 11.5 Å². The molecule has 168 valence electrons. The lowest BCUT2D eigenvalue weighted by molar-refractivity contribution is 0.345. The predicted molar refractivity (Wildman–Crippen MR) is 137 cm³/mol. The first kappa shape index (κ1) is 23.5. The molecule has 1 N–H and O–H groups in total. The number of nitrogens with zero attached hydrogens (tertiary/aromatic N) is 3. The third kappa shape index (κ3) is 5.37. The Morgan fingerprint density at radius 3 is 2.45 bits per heavy atom. The summed E-state index contributed by atoms with van der Waals surface area (Å²) in [6, 6.07) is 14.9. The second-order valence-corrected chi connectivity index (χ2v) is 8.01. The van der Waals surface area contributed by atoms with E-state index < -0.39 is 0 Å². The van der Waals surface area contributed by atoms with Gasteiger partial charge in [-0.15, -0.1) is 24.0 Å². The molecule has 2 heterocycles. The van der Waals surface area contributed by atoms with Crippen molar-refractivity contribution in [1.82, 2.24) is 10.2 Å². The van der Waals surface area contributed by atoms with Crippen LogP contribution in [0, 0.1) is 5.92 Å². The fourth-order valence-corrected chi connectivity index (χ4v) is 4.50. The monoisotopic (exact) mass is 536 g/mol. The van der Waals surface area contributed by atoms with Gasteiger partial charge in [0, 0.05) is 45.5 Å². The summed E-state index contributed by atoms with van der Waals surface area (Å²) in [5.74, 6) is 3.20. The molecule has 6 nitrogen and oxygen atoms in total. The summed E-state index contributed by atoms with van der Waals surface area (Å²) in [5, 5.41) is 3.63. The van der Waals surface area contributed by atoms with E-state index in [1.807, 2.05) is 7.05 Å². The summed E-state index contributed by atoms with van der Waals surface area (Å²) in [4.78, 5) is 9.37. The first-order valence-corrected chi connectivity index (χ1v) is 10.7. The standard InChI is InChI=1S/C24H32N4O2.HI/c1-25-24(26-15-18-9-11-27(16-18)21-7-5-4-6-8-21)28-12-10-19-13-22(29-2)23(30-3)14-20(19)17-28;/h4-8,13-14,18H,9-12,15-17H2,1-3H3,(H,25,26);1H. The van der Waals surface area contributed by atoms with Crippen molar-refractivity contribution in [3.05, 3.63) is 53.6 Å². The van der Waals surface area contributed by atoms with Crippen molar-refractivity contribution in [2.24, 2.45) is 10.9 Å². The molecule has 0 saturated carbocycles. The Balaban J connectivity index is 0.00000272. The minimum absolute atomic E-state index is 0. The van der Waals surface area contributed by atoms with Gasteiger partial charge < -0.3 is 24.6 Å². The summed E-state index contributed by atoms with van der Waals surface area (Å²) >= 11 is 0. The molecule has 1 atom stereocenters. The second-order valence-electron chi connectivity index (χ2n) is 8.01. The molecule has 0 spiro atoms. The molecule has 0 aliphatic carbocycles. The van der Waals surface area contributed by atoms with E-state index in [9.17, 15) is 0 Å². The number of nitrogens with one attached hydrogen (secondary N) is 1. The number of ether oxygens (including phenoxy) is 2. The highest BCUT2D eigenvalue weighted by atomic mass is 127. The zero-order valence-corrected chi connectivity index (χ0v) is 21.0. The van der Waals surface area contributed by atoms with Crippen molar-refractivity contribution in [2.45, 2.75) is 19.4 Å². The molecule has 2 aromatic rings. The SMILES string of the molecule is CN=C(NCC1CCN(c2ccccc2)C1)N1CCc2cc(OC)c(OC)cc2C1.I. The normalized spacial score (nSPS) is 18.3. The van der Waals surface area contributed by atoms with Gasteiger partial charge in [0.15, 0.2) is 17.5 Å². The van der Waals surface area contributed by atoms with E-state index >= 15 is 0 Å². The maximum Gasteiger partial charge on any atom is 0.193 e. The molecular weight excluding hydrogens is 503 g/mol. The van der Waals surface area contributed by atoms with E-state index in [0.29, 0.717) is 5.92 Å². The van der Waals surface area contributed by atoms with Crippen molar-refractivity contribution in [3.63, 3.8) is 0 Å². The van der Waals surface area contributed by atoms with Crippen LogP contribution < -0.4 is 19.7 Å². The average molecular weight is 536 g/mol. The number of para-hydroxylation sites is 1. The number of aliphatic imine (C=N–C) groups is 1. The number of anilines is 1. The van der Waals surface area contributed by atoms with Crippen LogP contribution in [-0.4, -0.2) is 58.3 Å². The molecule has 2 aliphatic heterocycles. The van der Waals surface area contributed by atoms with Gasteiger partial charge in [0.2, 0.25) is 0 Å². The Morgan fingerprint density at radius 1 is 1.06 bits per heavy atom. The van der Waals surface area contributed by atoms with Crippen LogP contribution in [0.15, 0.2) is 47.5 Å². The van der Waals surface area contributed by atoms with Crippen LogP contribution in [-0.2, 0) is 13.0 Å². The van der Waals surface area contributed by atoms with Gasteiger partial charge >= 0.3 is 0 Å². The van der Waals surface area contributed by atoms with Gasteiger partial charge in [-0.3, -0.25) is 4.99 Å². The molecule has 2 aliphatic rings. The Hall–Kier alpha value is -2.16. The fourth-order valence-electron chi connectivity index (χ4n) is 4.50. The molecule has 31 heavy (non-hydrogen) atoms. The molecule has 0 bridgehead atoms.